The summed E-state index contributed by atoms with van der Waals surface area (Å²) in [7, 11) is 0. The van der Waals surface area contributed by atoms with Gasteiger partial charge in [-0.1, -0.05) is 30.3 Å². The SMILES string of the molecule is N#CCNC(=O)c1ccc2ccccc2c1. The van der Waals surface area contributed by atoms with Gasteiger partial charge in [0.2, 0.25) is 0 Å². The molecule has 2 rings (SSSR count). The zero-order valence-electron chi connectivity index (χ0n) is 8.60. The number of hydrogen-bond donors (Lipinski definition) is 1. The summed E-state index contributed by atoms with van der Waals surface area (Å²) in [6, 6.07) is 15.2. The molecule has 3 nitrogen and oxygen atoms in total. The van der Waals surface area contributed by atoms with Gasteiger partial charge in [0.05, 0.1) is 6.07 Å². The molecule has 0 fully saturated rings. The Kier molecular flexibility index (Phi) is 2.84. The summed E-state index contributed by atoms with van der Waals surface area (Å²) in [6.07, 6.45) is 0. The van der Waals surface area contributed by atoms with Crippen molar-refractivity contribution in [1.82, 2.24) is 5.32 Å². The smallest absolute Gasteiger partial charge is 0.252 e. The first-order chi connectivity index (χ1) is 7.81. The highest BCUT2D eigenvalue weighted by Crippen LogP contribution is 2.15. The largest absolute Gasteiger partial charge is 0.339 e. The first-order valence-corrected chi connectivity index (χ1v) is 4.95. The van der Waals surface area contributed by atoms with Crippen molar-refractivity contribution in [1.29, 1.82) is 5.26 Å². The summed E-state index contributed by atoms with van der Waals surface area (Å²) in [6.45, 7) is 0.0334. The molecular weight excluding hydrogens is 200 g/mol. The lowest BCUT2D eigenvalue weighted by Crippen LogP contribution is -2.23. The van der Waals surface area contributed by atoms with E-state index in [1.807, 2.05) is 42.5 Å². The predicted octanol–water partition coefficient (Wildman–Crippen LogP) is 2.09. The van der Waals surface area contributed by atoms with Gasteiger partial charge in [0.1, 0.15) is 6.54 Å². The lowest BCUT2D eigenvalue weighted by Gasteiger charge is -2.02. The second kappa shape index (κ2) is 4.45. The second-order valence-corrected chi connectivity index (χ2v) is 3.40. The number of nitrogens with one attached hydrogen (secondary N) is 1. The molecule has 2 aromatic rings. The summed E-state index contributed by atoms with van der Waals surface area (Å²) in [5.74, 6) is -0.215. The minimum atomic E-state index is -0.215. The molecule has 1 N–H and O–H groups in total. The highest BCUT2D eigenvalue weighted by molar-refractivity contribution is 5.98. The van der Waals surface area contributed by atoms with Crippen LogP contribution in [0.25, 0.3) is 10.8 Å². The van der Waals surface area contributed by atoms with Crippen molar-refractivity contribution in [2.24, 2.45) is 0 Å². The van der Waals surface area contributed by atoms with E-state index in [1.165, 1.54) is 0 Å². The average molecular weight is 210 g/mol. The molecule has 78 valence electrons. The van der Waals surface area contributed by atoms with Crippen molar-refractivity contribution in [3.63, 3.8) is 0 Å². The zero-order chi connectivity index (χ0) is 11.4. The first-order valence-electron chi connectivity index (χ1n) is 4.95. The van der Waals surface area contributed by atoms with E-state index in [-0.39, 0.29) is 12.5 Å². The number of carbonyl (C=O) groups is 1. The van der Waals surface area contributed by atoms with Crippen LogP contribution in [-0.2, 0) is 0 Å². The van der Waals surface area contributed by atoms with Crippen LogP contribution in [0.1, 0.15) is 10.4 Å². The van der Waals surface area contributed by atoms with Crippen LogP contribution in [0.3, 0.4) is 0 Å². The molecule has 16 heavy (non-hydrogen) atoms. The van der Waals surface area contributed by atoms with Crippen LogP contribution in [0.2, 0.25) is 0 Å². The van der Waals surface area contributed by atoms with Gasteiger partial charge in [-0.2, -0.15) is 5.26 Å². The van der Waals surface area contributed by atoms with Crippen molar-refractivity contribution in [3.05, 3.63) is 48.0 Å². The summed E-state index contributed by atoms with van der Waals surface area (Å²) < 4.78 is 0. The lowest BCUT2D eigenvalue weighted by molar-refractivity contribution is 0.0958. The number of nitrogens with zero attached hydrogens (tertiary/aromatic N) is 1. The van der Waals surface area contributed by atoms with Crippen LogP contribution in [0.4, 0.5) is 0 Å². The van der Waals surface area contributed by atoms with Crippen LogP contribution in [0.5, 0.6) is 0 Å². The summed E-state index contributed by atoms with van der Waals surface area (Å²) in [5, 5.41) is 13.0. The fourth-order valence-corrected chi connectivity index (χ4v) is 1.55. The Morgan fingerprint density at radius 1 is 1.19 bits per heavy atom. The third-order valence-corrected chi connectivity index (χ3v) is 2.34. The number of carbonyl (C=O) groups excluding carboxylic acids is 1. The Hall–Kier alpha value is -2.34. The normalized spacial score (nSPS) is 9.69. The molecular formula is C13H10N2O. The van der Waals surface area contributed by atoms with Crippen molar-refractivity contribution >= 4 is 16.7 Å². The first kappa shape index (κ1) is 10.2. The van der Waals surface area contributed by atoms with E-state index < -0.39 is 0 Å². The Morgan fingerprint density at radius 2 is 1.94 bits per heavy atom. The minimum absolute atomic E-state index is 0.0334. The molecule has 0 heterocycles. The van der Waals surface area contributed by atoms with E-state index in [9.17, 15) is 4.79 Å². The predicted molar refractivity (Wildman–Crippen MR) is 61.9 cm³/mol. The third kappa shape index (κ3) is 2.01. The Labute approximate surface area is 93.3 Å². The molecule has 0 atom stereocenters. The van der Waals surface area contributed by atoms with Gasteiger partial charge in [-0.15, -0.1) is 0 Å². The van der Waals surface area contributed by atoms with Crippen LogP contribution >= 0.6 is 0 Å². The van der Waals surface area contributed by atoms with E-state index >= 15 is 0 Å². The molecule has 0 aliphatic rings. The number of amides is 1. The number of rotatable bonds is 2. The lowest BCUT2D eigenvalue weighted by atomic mass is 10.1. The molecule has 0 spiro atoms. The van der Waals surface area contributed by atoms with Gasteiger partial charge < -0.3 is 5.32 Å². The van der Waals surface area contributed by atoms with Crippen molar-refractivity contribution in [3.8, 4) is 6.07 Å². The molecule has 0 saturated heterocycles. The van der Waals surface area contributed by atoms with E-state index in [0.717, 1.165) is 10.8 Å². The van der Waals surface area contributed by atoms with Crippen LogP contribution in [0, 0.1) is 11.3 Å². The molecule has 0 aromatic heterocycles. The maximum atomic E-state index is 11.6. The molecule has 0 saturated carbocycles. The highest BCUT2D eigenvalue weighted by Gasteiger charge is 2.04. The molecule has 3 heteroatoms. The van der Waals surface area contributed by atoms with Gasteiger partial charge in [-0.05, 0) is 22.9 Å². The number of nitriles is 1. The van der Waals surface area contributed by atoms with Gasteiger partial charge >= 0.3 is 0 Å². The fourth-order valence-electron chi connectivity index (χ4n) is 1.55. The van der Waals surface area contributed by atoms with Crippen LogP contribution in [-0.4, -0.2) is 12.5 Å². The molecule has 0 aliphatic carbocycles. The van der Waals surface area contributed by atoms with E-state index in [4.69, 9.17) is 5.26 Å². The Bertz CT molecular complexity index is 569. The van der Waals surface area contributed by atoms with E-state index in [0.29, 0.717) is 5.56 Å². The topological polar surface area (TPSA) is 52.9 Å². The Morgan fingerprint density at radius 3 is 2.69 bits per heavy atom. The van der Waals surface area contributed by atoms with Gasteiger partial charge in [-0.25, -0.2) is 0 Å². The molecule has 2 aromatic carbocycles. The van der Waals surface area contributed by atoms with Gasteiger partial charge in [0.25, 0.3) is 5.91 Å². The molecule has 0 radical (unpaired) electrons. The van der Waals surface area contributed by atoms with E-state index in [1.54, 1.807) is 6.07 Å². The van der Waals surface area contributed by atoms with Crippen molar-refractivity contribution < 1.29 is 4.79 Å². The summed E-state index contributed by atoms with van der Waals surface area (Å²) in [4.78, 5) is 11.6. The zero-order valence-corrected chi connectivity index (χ0v) is 8.60. The minimum Gasteiger partial charge on any atom is -0.339 e. The number of benzene rings is 2. The van der Waals surface area contributed by atoms with E-state index in [2.05, 4.69) is 5.32 Å². The highest BCUT2D eigenvalue weighted by atomic mass is 16.1. The van der Waals surface area contributed by atoms with Crippen molar-refractivity contribution in [2.75, 3.05) is 6.54 Å². The molecule has 0 aliphatic heterocycles. The maximum absolute atomic E-state index is 11.6. The van der Waals surface area contributed by atoms with Crippen LogP contribution < -0.4 is 5.32 Å². The standard InChI is InChI=1S/C13H10N2O/c14-7-8-15-13(16)12-6-5-10-3-1-2-4-11(10)9-12/h1-6,9H,8H2,(H,15,16). The van der Waals surface area contributed by atoms with Crippen molar-refractivity contribution in [2.45, 2.75) is 0 Å². The second-order valence-electron chi connectivity index (χ2n) is 3.40. The fraction of sp³-hybridized carbons (Fsp3) is 0.0769. The number of hydrogen-bond acceptors (Lipinski definition) is 2. The van der Waals surface area contributed by atoms with Crippen LogP contribution in [0.15, 0.2) is 42.5 Å². The number of fused-ring (bicyclic) bond motifs is 1. The maximum Gasteiger partial charge on any atom is 0.252 e. The monoisotopic (exact) mass is 210 g/mol. The average Bonchev–Trinajstić information content (AvgIpc) is 2.35. The molecule has 0 unspecified atom stereocenters. The molecule has 0 bridgehead atoms. The Balaban J connectivity index is 2.33. The summed E-state index contributed by atoms with van der Waals surface area (Å²) >= 11 is 0. The van der Waals surface area contributed by atoms with Gasteiger partial charge in [-0.3, -0.25) is 4.79 Å². The quantitative estimate of drug-likeness (QED) is 0.771. The van der Waals surface area contributed by atoms with Gasteiger partial charge in [0.15, 0.2) is 0 Å². The molecule has 1 amide bonds. The van der Waals surface area contributed by atoms with Gasteiger partial charge in [0, 0.05) is 5.56 Å². The summed E-state index contributed by atoms with van der Waals surface area (Å²) in [5.41, 5.74) is 0.578. The third-order valence-electron chi connectivity index (χ3n) is 2.34.